The van der Waals surface area contributed by atoms with Gasteiger partial charge in [0, 0.05) is 0 Å². The van der Waals surface area contributed by atoms with Gasteiger partial charge in [0.25, 0.3) is 5.91 Å². The Morgan fingerprint density at radius 2 is 1.58 bits per heavy atom. The molecule has 1 unspecified atom stereocenters. The number of ether oxygens (including phenoxy) is 4. The smallest absolute Gasteiger partial charge is 0.258 e. The Morgan fingerprint density at radius 3 is 2.15 bits per heavy atom. The van der Waals surface area contributed by atoms with E-state index in [9.17, 15) is 9.59 Å². The number of anilines is 1. The number of hydrogen-bond acceptors (Lipinski definition) is 8. The summed E-state index contributed by atoms with van der Waals surface area (Å²) in [6.45, 7) is 5.48. The van der Waals surface area contributed by atoms with Gasteiger partial charge in [-0.1, -0.05) is 23.2 Å². The number of Topliss-reactive ketones (excluding diaryl/α,β-unsaturated/α-hetero) is 1. The number of amides is 1. The van der Waals surface area contributed by atoms with Crippen molar-refractivity contribution < 1.29 is 28.5 Å². The van der Waals surface area contributed by atoms with Crippen molar-refractivity contribution in [3.63, 3.8) is 0 Å². The number of halogens is 2. The Kier molecular flexibility index (Phi) is 9.74. The highest BCUT2D eigenvalue weighted by atomic mass is 35.5. The van der Waals surface area contributed by atoms with Crippen LogP contribution in [0.25, 0.3) is 0 Å². The maximum absolute atomic E-state index is 13.0. The van der Waals surface area contributed by atoms with E-state index >= 15 is 0 Å². The van der Waals surface area contributed by atoms with Crippen molar-refractivity contribution in [2.45, 2.75) is 26.8 Å². The Morgan fingerprint density at radius 1 is 0.970 bits per heavy atom. The van der Waals surface area contributed by atoms with E-state index in [1.807, 2.05) is 6.92 Å². The molecule has 0 aromatic heterocycles. The van der Waals surface area contributed by atoms with Crippen molar-refractivity contribution in [3.05, 3.63) is 34.3 Å². The molecule has 9 nitrogen and oxygen atoms in total. The van der Waals surface area contributed by atoms with Crippen molar-refractivity contribution >= 4 is 46.3 Å². The summed E-state index contributed by atoms with van der Waals surface area (Å²) in [7, 11) is 2.87. The SMILES string of the molecule is CCOc1ccc(Cl)c(NC(=O)C(N=Nc2c(OC)ccc(OC)c2Cl)C(C)=O)c1OCC. The van der Waals surface area contributed by atoms with Crippen LogP contribution in [-0.4, -0.2) is 45.2 Å². The molecule has 11 heteroatoms. The van der Waals surface area contributed by atoms with E-state index in [0.717, 1.165) is 0 Å². The zero-order valence-electron chi connectivity index (χ0n) is 18.9. The topological polar surface area (TPSA) is 108 Å². The van der Waals surface area contributed by atoms with Gasteiger partial charge in [0.2, 0.25) is 6.04 Å². The van der Waals surface area contributed by atoms with E-state index < -0.39 is 17.7 Å². The fourth-order valence-corrected chi connectivity index (χ4v) is 3.25. The number of hydrogen-bond donors (Lipinski definition) is 1. The van der Waals surface area contributed by atoms with Crippen LogP contribution in [0.1, 0.15) is 20.8 Å². The molecule has 0 aliphatic heterocycles. The second-order valence-corrected chi connectivity index (χ2v) is 7.25. The van der Waals surface area contributed by atoms with Crippen LogP contribution in [0.15, 0.2) is 34.5 Å². The van der Waals surface area contributed by atoms with Crippen LogP contribution in [0.4, 0.5) is 11.4 Å². The van der Waals surface area contributed by atoms with Crippen LogP contribution in [-0.2, 0) is 9.59 Å². The third kappa shape index (κ3) is 6.27. The van der Waals surface area contributed by atoms with Crippen LogP contribution in [0.5, 0.6) is 23.0 Å². The molecular weight excluding hydrogens is 473 g/mol. The highest BCUT2D eigenvalue weighted by Gasteiger charge is 2.27. The lowest BCUT2D eigenvalue weighted by atomic mass is 10.2. The average molecular weight is 498 g/mol. The summed E-state index contributed by atoms with van der Waals surface area (Å²) < 4.78 is 21.6. The first-order valence-electron chi connectivity index (χ1n) is 9.99. The Balaban J connectivity index is 2.42. The molecule has 0 fully saturated rings. The minimum absolute atomic E-state index is 0.115. The summed E-state index contributed by atoms with van der Waals surface area (Å²) in [5, 5.41) is 10.9. The van der Waals surface area contributed by atoms with E-state index in [4.69, 9.17) is 42.1 Å². The van der Waals surface area contributed by atoms with Gasteiger partial charge in [-0.3, -0.25) is 9.59 Å². The van der Waals surface area contributed by atoms with Crippen LogP contribution >= 0.6 is 23.2 Å². The quantitative estimate of drug-likeness (QED) is 0.324. The van der Waals surface area contributed by atoms with Gasteiger partial charge in [-0.05, 0) is 45.0 Å². The van der Waals surface area contributed by atoms with Gasteiger partial charge in [0.1, 0.15) is 27.9 Å². The van der Waals surface area contributed by atoms with Crippen molar-refractivity contribution in [1.29, 1.82) is 0 Å². The van der Waals surface area contributed by atoms with Gasteiger partial charge in [-0.2, -0.15) is 5.11 Å². The summed E-state index contributed by atoms with van der Waals surface area (Å²) in [4.78, 5) is 25.2. The van der Waals surface area contributed by atoms with E-state index in [2.05, 4.69) is 15.5 Å². The molecule has 0 aliphatic carbocycles. The van der Waals surface area contributed by atoms with Crippen molar-refractivity contribution in [2.24, 2.45) is 10.2 Å². The van der Waals surface area contributed by atoms with Gasteiger partial charge in [0.15, 0.2) is 17.3 Å². The monoisotopic (exact) mass is 497 g/mol. The van der Waals surface area contributed by atoms with Crippen molar-refractivity contribution in [3.8, 4) is 23.0 Å². The molecule has 2 rings (SSSR count). The largest absolute Gasteiger partial charge is 0.495 e. The van der Waals surface area contributed by atoms with Gasteiger partial charge < -0.3 is 24.3 Å². The number of rotatable bonds is 11. The Labute approximate surface area is 202 Å². The number of benzene rings is 2. The molecular formula is C22H25Cl2N3O6. The summed E-state index contributed by atoms with van der Waals surface area (Å²) in [5.74, 6) is -0.0515. The van der Waals surface area contributed by atoms with E-state index in [1.54, 1.807) is 31.2 Å². The number of nitrogens with zero attached hydrogens (tertiary/aromatic N) is 2. The number of ketones is 1. The van der Waals surface area contributed by atoms with Gasteiger partial charge in [-0.15, -0.1) is 5.11 Å². The Bertz CT molecular complexity index is 1050. The maximum Gasteiger partial charge on any atom is 0.258 e. The number of carbonyl (C=O) groups is 2. The third-order valence-corrected chi connectivity index (χ3v) is 4.98. The molecule has 1 atom stereocenters. The average Bonchev–Trinajstić information content (AvgIpc) is 2.78. The summed E-state index contributed by atoms with van der Waals surface area (Å²) >= 11 is 12.6. The lowest BCUT2D eigenvalue weighted by molar-refractivity contribution is -0.126. The molecule has 0 saturated carbocycles. The van der Waals surface area contributed by atoms with Crippen LogP contribution < -0.4 is 24.3 Å². The standard InChI is InChI=1S/C22H25Cl2N3O6/c1-6-32-16-9-8-13(23)19(21(16)33-7-2)25-22(29)18(12(3)28)26-27-20-15(31-5)11-10-14(30-4)17(20)24/h8-11,18H,6-7H2,1-5H3,(H,25,29). The highest BCUT2D eigenvalue weighted by molar-refractivity contribution is 6.35. The molecule has 0 radical (unpaired) electrons. The predicted octanol–water partition coefficient (Wildman–Crippen LogP) is 5.49. The lowest BCUT2D eigenvalue weighted by Gasteiger charge is -2.18. The van der Waals surface area contributed by atoms with Crippen LogP contribution in [0, 0.1) is 0 Å². The molecule has 1 amide bonds. The first kappa shape index (κ1) is 26.2. The van der Waals surface area contributed by atoms with Crippen molar-refractivity contribution in [2.75, 3.05) is 32.8 Å². The zero-order chi connectivity index (χ0) is 24.5. The molecule has 1 N–H and O–H groups in total. The van der Waals surface area contributed by atoms with Crippen LogP contribution in [0.3, 0.4) is 0 Å². The fraction of sp³-hybridized carbons (Fsp3) is 0.364. The second kappa shape index (κ2) is 12.3. The molecule has 178 valence electrons. The predicted molar refractivity (Wildman–Crippen MR) is 126 cm³/mol. The maximum atomic E-state index is 13.0. The summed E-state index contributed by atoms with van der Waals surface area (Å²) in [5.41, 5.74) is 0.275. The van der Waals surface area contributed by atoms with E-state index in [0.29, 0.717) is 30.5 Å². The molecule has 2 aromatic carbocycles. The highest BCUT2D eigenvalue weighted by Crippen LogP contribution is 2.42. The molecule has 0 saturated heterocycles. The van der Waals surface area contributed by atoms with Crippen molar-refractivity contribution in [1.82, 2.24) is 0 Å². The minimum Gasteiger partial charge on any atom is -0.495 e. The van der Waals surface area contributed by atoms with Gasteiger partial charge in [0.05, 0.1) is 32.5 Å². The van der Waals surface area contributed by atoms with Crippen LogP contribution in [0.2, 0.25) is 10.0 Å². The first-order valence-corrected chi connectivity index (χ1v) is 10.7. The molecule has 33 heavy (non-hydrogen) atoms. The molecule has 0 heterocycles. The molecule has 0 spiro atoms. The first-order chi connectivity index (χ1) is 15.8. The normalized spacial score (nSPS) is 11.7. The summed E-state index contributed by atoms with van der Waals surface area (Å²) in [6, 6.07) is 4.87. The molecule has 0 aliphatic rings. The van der Waals surface area contributed by atoms with E-state index in [1.165, 1.54) is 21.1 Å². The molecule has 2 aromatic rings. The minimum atomic E-state index is -1.49. The van der Waals surface area contributed by atoms with Gasteiger partial charge in [-0.25, -0.2) is 0 Å². The molecule has 0 bridgehead atoms. The van der Waals surface area contributed by atoms with E-state index in [-0.39, 0.29) is 27.2 Å². The second-order valence-electron chi connectivity index (χ2n) is 6.47. The number of nitrogens with one attached hydrogen (secondary N) is 1. The number of azo groups is 1. The number of carbonyl (C=O) groups excluding carboxylic acids is 2. The summed E-state index contributed by atoms with van der Waals surface area (Å²) in [6.07, 6.45) is 0. The zero-order valence-corrected chi connectivity index (χ0v) is 20.4. The number of methoxy groups -OCH3 is 2. The third-order valence-electron chi connectivity index (χ3n) is 4.30. The fourth-order valence-electron chi connectivity index (χ4n) is 2.78. The Hall–Kier alpha value is -3.04. The lowest BCUT2D eigenvalue weighted by Crippen LogP contribution is -2.32. The van der Waals surface area contributed by atoms with Gasteiger partial charge >= 0.3 is 0 Å².